The van der Waals surface area contributed by atoms with Gasteiger partial charge in [0.15, 0.2) is 0 Å². The number of hydrogen-bond acceptors (Lipinski definition) is 3. The van der Waals surface area contributed by atoms with Gasteiger partial charge in [-0.25, -0.2) is 4.79 Å². The second-order valence-electron chi connectivity index (χ2n) is 5.42. The van der Waals surface area contributed by atoms with Gasteiger partial charge in [0.25, 0.3) is 0 Å². The highest BCUT2D eigenvalue weighted by molar-refractivity contribution is 5.74. The molecule has 106 valence electrons. The van der Waals surface area contributed by atoms with Gasteiger partial charge in [-0.05, 0) is 13.3 Å². The highest BCUT2D eigenvalue weighted by Gasteiger charge is 2.49. The van der Waals surface area contributed by atoms with Gasteiger partial charge < -0.3 is 19.7 Å². The Morgan fingerprint density at radius 1 is 1.50 bits per heavy atom. The van der Waals surface area contributed by atoms with Crippen molar-refractivity contribution in [2.24, 2.45) is 5.41 Å². The van der Waals surface area contributed by atoms with E-state index in [1.54, 1.807) is 19.1 Å². The average Bonchev–Trinajstić information content (AvgIpc) is 2.34. The zero-order valence-corrected chi connectivity index (χ0v) is 12.2. The summed E-state index contributed by atoms with van der Waals surface area (Å²) in [4.78, 5) is 13.6. The molecule has 0 aromatic heterocycles. The quantitative estimate of drug-likeness (QED) is 0.785. The van der Waals surface area contributed by atoms with Crippen LogP contribution in [0.15, 0.2) is 0 Å². The molecule has 5 nitrogen and oxygen atoms in total. The maximum absolute atomic E-state index is 11.9. The van der Waals surface area contributed by atoms with E-state index >= 15 is 0 Å². The molecular weight excluding hydrogens is 232 g/mol. The third kappa shape index (κ3) is 3.36. The molecule has 18 heavy (non-hydrogen) atoms. The van der Waals surface area contributed by atoms with E-state index in [-0.39, 0.29) is 23.6 Å². The first-order valence-electron chi connectivity index (χ1n) is 6.55. The van der Waals surface area contributed by atoms with Crippen LogP contribution in [0.4, 0.5) is 4.79 Å². The summed E-state index contributed by atoms with van der Waals surface area (Å²) >= 11 is 0. The largest absolute Gasteiger partial charge is 0.383 e. The van der Waals surface area contributed by atoms with E-state index in [1.807, 2.05) is 6.92 Å². The number of rotatable bonds is 6. The maximum atomic E-state index is 11.9. The van der Waals surface area contributed by atoms with E-state index in [2.05, 4.69) is 19.2 Å². The lowest BCUT2D eigenvalue weighted by atomic mass is 9.64. The Morgan fingerprint density at radius 2 is 2.17 bits per heavy atom. The first kappa shape index (κ1) is 15.2. The summed E-state index contributed by atoms with van der Waals surface area (Å²) in [5.41, 5.74) is 0.00770. The molecule has 1 aliphatic rings. The van der Waals surface area contributed by atoms with Gasteiger partial charge in [0, 0.05) is 38.8 Å². The summed E-state index contributed by atoms with van der Waals surface area (Å²) in [6.07, 6.45) is 1.14. The summed E-state index contributed by atoms with van der Waals surface area (Å²) in [5.74, 6) is 0. The van der Waals surface area contributed by atoms with Crippen LogP contribution in [0.2, 0.25) is 0 Å². The van der Waals surface area contributed by atoms with E-state index in [0.29, 0.717) is 13.2 Å². The van der Waals surface area contributed by atoms with Crippen LogP contribution in [0.5, 0.6) is 0 Å². The number of carbonyl (C=O) groups is 1. The predicted octanol–water partition coefficient (Wildman–Crippen LogP) is 1.48. The fourth-order valence-corrected chi connectivity index (χ4v) is 2.20. The molecule has 2 atom stereocenters. The molecule has 1 rings (SSSR count). The SMILES string of the molecule is CCO[C@@H]1C[C@H](NC(=O)N(C)CCOC)C1(C)C. The van der Waals surface area contributed by atoms with Crippen LogP contribution in [0, 0.1) is 5.41 Å². The van der Waals surface area contributed by atoms with Crippen molar-refractivity contribution < 1.29 is 14.3 Å². The van der Waals surface area contributed by atoms with E-state index in [9.17, 15) is 4.79 Å². The molecule has 0 heterocycles. The van der Waals surface area contributed by atoms with Gasteiger partial charge in [-0.1, -0.05) is 13.8 Å². The standard InChI is InChI=1S/C13H26N2O3/c1-6-18-11-9-10(13(11,2)3)14-12(16)15(4)7-8-17-5/h10-11H,6-9H2,1-5H3,(H,14,16)/t10-,11+/m0/s1. The summed E-state index contributed by atoms with van der Waals surface area (Å²) in [6.45, 7) is 8.15. The van der Waals surface area contributed by atoms with Crippen LogP contribution in [-0.2, 0) is 9.47 Å². The zero-order valence-electron chi connectivity index (χ0n) is 12.2. The number of methoxy groups -OCH3 is 1. The van der Waals surface area contributed by atoms with Gasteiger partial charge >= 0.3 is 6.03 Å². The Bertz CT molecular complexity index is 281. The average molecular weight is 258 g/mol. The topological polar surface area (TPSA) is 50.8 Å². The molecule has 0 unspecified atom stereocenters. The molecular formula is C13H26N2O3. The smallest absolute Gasteiger partial charge is 0.317 e. The Hall–Kier alpha value is -0.810. The molecule has 5 heteroatoms. The van der Waals surface area contributed by atoms with Gasteiger partial charge in [-0.2, -0.15) is 0 Å². The van der Waals surface area contributed by atoms with Crippen molar-refractivity contribution in [3.05, 3.63) is 0 Å². The first-order valence-corrected chi connectivity index (χ1v) is 6.55. The second kappa shape index (κ2) is 6.38. The van der Waals surface area contributed by atoms with Crippen LogP contribution >= 0.6 is 0 Å². The van der Waals surface area contributed by atoms with Crippen LogP contribution in [0.25, 0.3) is 0 Å². The van der Waals surface area contributed by atoms with Gasteiger partial charge in [-0.3, -0.25) is 0 Å². The van der Waals surface area contributed by atoms with Crippen molar-refractivity contribution in [3.63, 3.8) is 0 Å². The van der Waals surface area contributed by atoms with E-state index in [1.165, 1.54) is 0 Å². The molecule has 0 spiro atoms. The van der Waals surface area contributed by atoms with Crippen LogP contribution in [-0.4, -0.2) is 57.0 Å². The zero-order chi connectivity index (χ0) is 13.8. The maximum Gasteiger partial charge on any atom is 0.317 e. The summed E-state index contributed by atoms with van der Waals surface area (Å²) in [6, 6.07) is 0.145. The minimum Gasteiger partial charge on any atom is -0.383 e. The lowest BCUT2D eigenvalue weighted by Gasteiger charge is -2.51. The fraction of sp³-hybridized carbons (Fsp3) is 0.923. The predicted molar refractivity (Wildman–Crippen MR) is 70.6 cm³/mol. The summed E-state index contributed by atoms with van der Waals surface area (Å²) in [5, 5.41) is 3.06. The number of amides is 2. The number of hydrogen-bond donors (Lipinski definition) is 1. The third-order valence-electron chi connectivity index (χ3n) is 3.82. The fourth-order valence-electron chi connectivity index (χ4n) is 2.20. The molecule has 2 amide bonds. The lowest BCUT2D eigenvalue weighted by Crippen LogP contribution is -2.63. The number of likely N-dealkylation sites (N-methyl/N-ethyl adjacent to an activating group) is 1. The van der Waals surface area contributed by atoms with Crippen molar-refractivity contribution in [2.75, 3.05) is 33.9 Å². The minimum atomic E-state index is -0.0416. The van der Waals surface area contributed by atoms with Crippen LogP contribution in [0.1, 0.15) is 27.2 Å². The molecule has 1 saturated carbocycles. The monoisotopic (exact) mass is 258 g/mol. The third-order valence-corrected chi connectivity index (χ3v) is 3.82. The summed E-state index contributed by atoms with van der Waals surface area (Å²) in [7, 11) is 3.41. The number of urea groups is 1. The Kier molecular flexibility index (Phi) is 5.41. The van der Waals surface area contributed by atoms with Crippen molar-refractivity contribution in [3.8, 4) is 0 Å². The summed E-state index contributed by atoms with van der Waals surface area (Å²) < 4.78 is 10.6. The molecule has 0 aliphatic heterocycles. The van der Waals surface area contributed by atoms with Crippen molar-refractivity contribution in [1.29, 1.82) is 0 Å². The van der Waals surface area contributed by atoms with Gasteiger partial charge in [-0.15, -0.1) is 0 Å². The minimum absolute atomic E-state index is 0.00770. The van der Waals surface area contributed by atoms with Crippen LogP contribution < -0.4 is 5.32 Å². The van der Waals surface area contributed by atoms with Crippen LogP contribution in [0.3, 0.4) is 0 Å². The molecule has 1 aliphatic carbocycles. The Balaban J connectivity index is 2.38. The van der Waals surface area contributed by atoms with Gasteiger partial charge in [0.05, 0.1) is 12.7 Å². The lowest BCUT2D eigenvalue weighted by molar-refractivity contribution is -0.111. The second-order valence-corrected chi connectivity index (χ2v) is 5.42. The molecule has 0 saturated heterocycles. The molecule has 0 radical (unpaired) electrons. The van der Waals surface area contributed by atoms with E-state index < -0.39 is 0 Å². The molecule has 0 aromatic carbocycles. The molecule has 0 bridgehead atoms. The van der Waals surface area contributed by atoms with Crippen molar-refractivity contribution in [1.82, 2.24) is 10.2 Å². The van der Waals surface area contributed by atoms with Gasteiger partial charge in [0.1, 0.15) is 0 Å². The van der Waals surface area contributed by atoms with E-state index in [4.69, 9.17) is 9.47 Å². The molecule has 1 fully saturated rings. The molecule has 1 N–H and O–H groups in total. The normalized spacial score (nSPS) is 25.4. The number of ether oxygens (including phenoxy) is 2. The first-order chi connectivity index (χ1) is 8.43. The van der Waals surface area contributed by atoms with E-state index in [0.717, 1.165) is 13.0 Å². The number of nitrogens with zero attached hydrogens (tertiary/aromatic N) is 1. The molecule has 0 aromatic rings. The number of carbonyl (C=O) groups excluding carboxylic acids is 1. The highest BCUT2D eigenvalue weighted by Crippen LogP contribution is 2.42. The van der Waals surface area contributed by atoms with Gasteiger partial charge in [0.2, 0.25) is 0 Å². The highest BCUT2D eigenvalue weighted by atomic mass is 16.5. The Morgan fingerprint density at radius 3 is 2.67 bits per heavy atom. The number of nitrogens with one attached hydrogen (secondary N) is 1. The van der Waals surface area contributed by atoms with Crippen molar-refractivity contribution >= 4 is 6.03 Å². The Labute approximate surface area is 110 Å². The van der Waals surface area contributed by atoms with Crippen molar-refractivity contribution in [2.45, 2.75) is 39.3 Å².